The van der Waals surface area contributed by atoms with Gasteiger partial charge < -0.3 is 9.88 Å². The van der Waals surface area contributed by atoms with Crippen LogP contribution in [0, 0.1) is 0 Å². The van der Waals surface area contributed by atoms with Crippen LogP contribution in [0.1, 0.15) is 11.1 Å². The predicted octanol–water partition coefficient (Wildman–Crippen LogP) is 6.34. The summed E-state index contributed by atoms with van der Waals surface area (Å²) in [5.74, 6) is -0.788. The van der Waals surface area contributed by atoms with E-state index in [1.165, 1.54) is 16.7 Å². The Hall–Kier alpha value is -3.08. The molecule has 0 aliphatic carbocycles. The van der Waals surface area contributed by atoms with Crippen LogP contribution in [0.4, 0.5) is 18.9 Å². The number of thioether (sulfide) groups is 1. The first-order chi connectivity index (χ1) is 16.6. The van der Waals surface area contributed by atoms with Gasteiger partial charge in [-0.25, -0.2) is 0 Å². The Labute approximate surface area is 213 Å². The van der Waals surface area contributed by atoms with Gasteiger partial charge >= 0.3 is 6.18 Å². The molecular formula is C24H17ClF3N3O2S2. The van der Waals surface area contributed by atoms with Crippen LogP contribution < -0.4 is 5.32 Å². The van der Waals surface area contributed by atoms with Gasteiger partial charge in [-0.2, -0.15) is 13.2 Å². The van der Waals surface area contributed by atoms with Crippen LogP contribution in [0.2, 0.25) is 5.02 Å². The van der Waals surface area contributed by atoms with Gasteiger partial charge in [0.05, 0.1) is 21.2 Å². The molecule has 0 saturated carbocycles. The Kier molecular flexibility index (Phi) is 7.07. The zero-order valence-corrected chi connectivity index (χ0v) is 20.3. The van der Waals surface area contributed by atoms with Crippen molar-refractivity contribution in [2.75, 3.05) is 11.9 Å². The molecule has 35 heavy (non-hydrogen) atoms. The molecule has 4 rings (SSSR count). The van der Waals surface area contributed by atoms with Crippen molar-refractivity contribution in [1.82, 2.24) is 9.47 Å². The van der Waals surface area contributed by atoms with Crippen molar-refractivity contribution in [2.45, 2.75) is 12.7 Å². The van der Waals surface area contributed by atoms with E-state index in [0.717, 1.165) is 23.6 Å². The number of anilines is 1. The summed E-state index contributed by atoms with van der Waals surface area (Å²) in [5, 5.41) is 3.24. The maximum Gasteiger partial charge on any atom is 0.416 e. The second-order valence-electron chi connectivity index (χ2n) is 7.55. The van der Waals surface area contributed by atoms with Gasteiger partial charge in [0, 0.05) is 29.2 Å². The SMILES string of the molecule is C=CCN1C(=O)/C(=C\c2cn(CC(=O)Nc3cc(C(F)(F)F)ccc3Cl)c3ccccc23)SC1=S. The van der Waals surface area contributed by atoms with Gasteiger partial charge in [0.1, 0.15) is 10.9 Å². The van der Waals surface area contributed by atoms with Crippen molar-refractivity contribution in [3.63, 3.8) is 0 Å². The lowest BCUT2D eigenvalue weighted by Gasteiger charge is -2.12. The molecule has 1 N–H and O–H groups in total. The number of nitrogens with zero attached hydrogens (tertiary/aromatic N) is 2. The average Bonchev–Trinajstić information content (AvgIpc) is 3.27. The largest absolute Gasteiger partial charge is 0.416 e. The van der Waals surface area contributed by atoms with E-state index in [4.69, 9.17) is 23.8 Å². The van der Waals surface area contributed by atoms with Crippen LogP contribution in [0.15, 0.2) is 66.2 Å². The minimum Gasteiger partial charge on any atom is -0.337 e. The van der Waals surface area contributed by atoms with Gasteiger partial charge in [-0.3, -0.25) is 14.5 Å². The molecule has 0 atom stereocenters. The van der Waals surface area contributed by atoms with Gasteiger partial charge in [-0.05, 0) is 30.3 Å². The summed E-state index contributed by atoms with van der Waals surface area (Å²) < 4.78 is 41.2. The Morgan fingerprint density at radius 2 is 1.97 bits per heavy atom. The van der Waals surface area contributed by atoms with Gasteiger partial charge in [0.25, 0.3) is 5.91 Å². The number of benzene rings is 2. The number of carbonyl (C=O) groups is 2. The molecule has 3 aromatic rings. The molecule has 1 aromatic heterocycles. The highest BCUT2D eigenvalue weighted by molar-refractivity contribution is 8.26. The van der Waals surface area contributed by atoms with Crippen LogP contribution in [0.3, 0.4) is 0 Å². The van der Waals surface area contributed by atoms with E-state index in [2.05, 4.69) is 11.9 Å². The number of fused-ring (bicyclic) bond motifs is 1. The zero-order valence-electron chi connectivity index (χ0n) is 17.9. The summed E-state index contributed by atoms with van der Waals surface area (Å²) in [5.41, 5.74) is 0.365. The quantitative estimate of drug-likeness (QED) is 0.227. The summed E-state index contributed by atoms with van der Waals surface area (Å²) in [7, 11) is 0. The first kappa shape index (κ1) is 25.0. The summed E-state index contributed by atoms with van der Waals surface area (Å²) in [6, 6.07) is 10.0. The minimum atomic E-state index is -4.57. The molecule has 1 aliphatic heterocycles. The number of nitrogens with one attached hydrogen (secondary N) is 1. The molecule has 0 unspecified atom stereocenters. The molecule has 1 aliphatic rings. The molecule has 11 heteroatoms. The molecule has 5 nitrogen and oxygen atoms in total. The molecule has 180 valence electrons. The predicted molar refractivity (Wildman–Crippen MR) is 137 cm³/mol. The lowest BCUT2D eigenvalue weighted by atomic mass is 10.1. The minimum absolute atomic E-state index is 0.00838. The first-order valence-corrected chi connectivity index (χ1v) is 11.8. The molecule has 1 fully saturated rings. The van der Waals surface area contributed by atoms with Crippen LogP contribution >= 0.6 is 35.6 Å². The smallest absolute Gasteiger partial charge is 0.337 e. The normalized spacial score (nSPS) is 15.3. The lowest BCUT2D eigenvalue weighted by Crippen LogP contribution is -2.27. The summed E-state index contributed by atoms with van der Waals surface area (Å²) in [6.07, 6.45) is 0.442. The highest BCUT2D eigenvalue weighted by atomic mass is 35.5. The monoisotopic (exact) mass is 535 g/mol. The number of carbonyl (C=O) groups excluding carboxylic acids is 2. The molecule has 0 bridgehead atoms. The number of amides is 2. The maximum absolute atomic E-state index is 13.0. The van der Waals surface area contributed by atoms with Crippen LogP contribution in [0.25, 0.3) is 17.0 Å². The molecule has 0 radical (unpaired) electrons. The topological polar surface area (TPSA) is 54.3 Å². The Morgan fingerprint density at radius 3 is 2.69 bits per heavy atom. The molecule has 2 heterocycles. The third-order valence-corrected chi connectivity index (χ3v) is 6.88. The van der Waals surface area contributed by atoms with Crippen molar-refractivity contribution < 1.29 is 22.8 Å². The fourth-order valence-corrected chi connectivity index (χ4v) is 5.02. The second kappa shape index (κ2) is 9.88. The fourth-order valence-electron chi connectivity index (χ4n) is 3.59. The van der Waals surface area contributed by atoms with Gasteiger partial charge in [0.2, 0.25) is 5.91 Å². The Balaban J connectivity index is 1.61. The van der Waals surface area contributed by atoms with Crippen LogP contribution in [0.5, 0.6) is 0 Å². The Bertz CT molecular complexity index is 1400. The number of para-hydroxylation sites is 1. The number of aromatic nitrogens is 1. The molecule has 1 saturated heterocycles. The lowest BCUT2D eigenvalue weighted by molar-refractivity contribution is -0.137. The summed E-state index contributed by atoms with van der Waals surface area (Å²) in [6.45, 7) is 3.76. The van der Waals surface area contributed by atoms with Gasteiger partial charge in [-0.1, -0.05) is 59.9 Å². The standard InChI is InChI=1S/C24H17ClF3N3O2S2/c1-2-9-31-22(33)20(35-23(31)34)10-14-12-30(19-6-4-3-5-16(14)19)13-21(32)29-18-11-15(24(26,27)28)7-8-17(18)25/h2-8,10-12H,1,9,13H2,(H,29,32)/b20-10+. The number of rotatable bonds is 6. The maximum atomic E-state index is 13.0. The average molecular weight is 536 g/mol. The van der Waals surface area contributed by atoms with Crippen molar-refractivity contribution >= 4 is 74.4 Å². The number of hydrogen-bond acceptors (Lipinski definition) is 4. The number of thiocarbonyl (C=S) groups is 1. The fraction of sp³-hybridized carbons (Fsp3) is 0.125. The second-order valence-corrected chi connectivity index (χ2v) is 9.63. The van der Waals surface area contributed by atoms with Crippen molar-refractivity contribution in [3.05, 3.63) is 82.4 Å². The zero-order chi connectivity index (χ0) is 25.3. The van der Waals surface area contributed by atoms with E-state index in [0.29, 0.717) is 26.9 Å². The number of alkyl halides is 3. The molecular weight excluding hydrogens is 519 g/mol. The summed E-state index contributed by atoms with van der Waals surface area (Å²) in [4.78, 5) is 27.3. The van der Waals surface area contributed by atoms with E-state index in [1.807, 2.05) is 12.1 Å². The molecule has 2 aromatic carbocycles. The molecule has 0 spiro atoms. The highest BCUT2D eigenvalue weighted by Gasteiger charge is 2.32. The molecule has 2 amide bonds. The highest BCUT2D eigenvalue weighted by Crippen LogP contribution is 2.35. The van der Waals surface area contributed by atoms with Crippen molar-refractivity contribution in [3.8, 4) is 0 Å². The van der Waals surface area contributed by atoms with E-state index in [9.17, 15) is 22.8 Å². The van der Waals surface area contributed by atoms with E-state index in [1.54, 1.807) is 35.0 Å². The summed E-state index contributed by atoms with van der Waals surface area (Å²) >= 11 is 12.5. The first-order valence-electron chi connectivity index (χ1n) is 10.2. The third kappa shape index (κ3) is 5.29. The van der Waals surface area contributed by atoms with Crippen molar-refractivity contribution in [2.24, 2.45) is 0 Å². The van der Waals surface area contributed by atoms with Gasteiger partial charge in [0.15, 0.2) is 0 Å². The van der Waals surface area contributed by atoms with Gasteiger partial charge in [-0.15, -0.1) is 6.58 Å². The number of halogens is 4. The Morgan fingerprint density at radius 1 is 1.23 bits per heavy atom. The number of hydrogen-bond donors (Lipinski definition) is 1. The van der Waals surface area contributed by atoms with E-state index in [-0.39, 0.29) is 23.2 Å². The van der Waals surface area contributed by atoms with E-state index < -0.39 is 17.6 Å². The van der Waals surface area contributed by atoms with Crippen LogP contribution in [-0.4, -0.2) is 32.1 Å². The van der Waals surface area contributed by atoms with Crippen molar-refractivity contribution in [1.29, 1.82) is 0 Å². The third-order valence-electron chi connectivity index (χ3n) is 5.17. The van der Waals surface area contributed by atoms with Crippen LogP contribution in [-0.2, 0) is 22.3 Å². The van der Waals surface area contributed by atoms with E-state index >= 15 is 0 Å².